The lowest BCUT2D eigenvalue weighted by Gasteiger charge is -2.27. The Kier molecular flexibility index (Phi) is 5.48. The number of aromatic nitrogens is 1. The molecule has 0 amide bonds. The van der Waals surface area contributed by atoms with E-state index < -0.39 is 0 Å². The van der Waals surface area contributed by atoms with E-state index in [1.54, 1.807) is 18.6 Å². The normalized spacial score (nSPS) is 21.2. The van der Waals surface area contributed by atoms with E-state index in [-0.39, 0.29) is 5.92 Å². The SMILES string of the molecule is CC(C1=COC=C(C2=CC=CCC2)O1)c1cc(N=C(N)N2CCOCC2)on1. The van der Waals surface area contributed by atoms with Gasteiger partial charge in [0.2, 0.25) is 0 Å². The molecule has 0 saturated carbocycles. The molecular formula is C20H24N4O4. The number of hydrogen-bond acceptors (Lipinski definition) is 6. The summed E-state index contributed by atoms with van der Waals surface area (Å²) in [5.41, 5.74) is 7.88. The standard InChI is InChI=1S/C20H24N4O4/c1-14(17-12-26-13-18(27-17)15-5-3-2-4-6-15)16-11-19(28-23-16)22-20(21)24-7-9-25-10-8-24/h2-3,5,11-14H,4,6-10H2,1H3,(H2,21,22). The molecule has 4 rings (SSSR count). The van der Waals surface area contributed by atoms with Crippen LogP contribution >= 0.6 is 0 Å². The van der Waals surface area contributed by atoms with Crippen LogP contribution in [-0.4, -0.2) is 42.3 Å². The van der Waals surface area contributed by atoms with Crippen LogP contribution in [0, 0.1) is 0 Å². The maximum absolute atomic E-state index is 6.07. The first-order chi connectivity index (χ1) is 13.7. The van der Waals surface area contributed by atoms with Crippen molar-refractivity contribution in [1.82, 2.24) is 10.1 Å². The first kappa shape index (κ1) is 18.4. The summed E-state index contributed by atoms with van der Waals surface area (Å²) in [6.45, 7) is 4.69. The molecule has 1 saturated heterocycles. The average Bonchev–Trinajstić information content (AvgIpc) is 3.23. The molecule has 8 heteroatoms. The number of allylic oxidation sites excluding steroid dienone is 5. The molecule has 1 atom stereocenters. The second-order valence-electron chi connectivity index (χ2n) is 6.78. The van der Waals surface area contributed by atoms with E-state index in [1.807, 2.05) is 24.0 Å². The monoisotopic (exact) mass is 384 g/mol. The molecule has 0 bridgehead atoms. The minimum atomic E-state index is -0.152. The summed E-state index contributed by atoms with van der Waals surface area (Å²) >= 11 is 0. The predicted molar refractivity (Wildman–Crippen MR) is 103 cm³/mol. The van der Waals surface area contributed by atoms with E-state index in [4.69, 9.17) is 24.5 Å². The van der Waals surface area contributed by atoms with Crippen LogP contribution in [-0.2, 0) is 14.2 Å². The third kappa shape index (κ3) is 4.12. The zero-order chi connectivity index (χ0) is 19.3. The van der Waals surface area contributed by atoms with Gasteiger partial charge in [0.05, 0.1) is 24.8 Å². The largest absolute Gasteiger partial charge is 0.465 e. The Morgan fingerprint density at radius 3 is 2.93 bits per heavy atom. The fourth-order valence-electron chi connectivity index (χ4n) is 3.13. The molecule has 0 aromatic carbocycles. The van der Waals surface area contributed by atoms with Crippen molar-refractivity contribution >= 4 is 11.8 Å². The third-order valence-electron chi connectivity index (χ3n) is 4.86. The number of nitrogens with zero attached hydrogens (tertiary/aromatic N) is 3. The van der Waals surface area contributed by atoms with Crippen LogP contribution in [0.15, 0.2) is 63.4 Å². The van der Waals surface area contributed by atoms with Crippen molar-refractivity contribution in [3.05, 3.63) is 59.6 Å². The van der Waals surface area contributed by atoms with E-state index in [1.165, 1.54) is 0 Å². The number of nitrogens with two attached hydrogens (primary N) is 1. The summed E-state index contributed by atoms with van der Waals surface area (Å²) in [6, 6.07) is 1.77. The molecule has 8 nitrogen and oxygen atoms in total. The smallest absolute Gasteiger partial charge is 0.253 e. The van der Waals surface area contributed by atoms with Gasteiger partial charge in [-0.3, -0.25) is 0 Å². The highest BCUT2D eigenvalue weighted by Crippen LogP contribution is 2.33. The summed E-state index contributed by atoms with van der Waals surface area (Å²) in [7, 11) is 0. The molecular weight excluding hydrogens is 360 g/mol. The second kappa shape index (κ2) is 8.35. The van der Waals surface area contributed by atoms with Crippen LogP contribution in [0.5, 0.6) is 0 Å². The Morgan fingerprint density at radius 2 is 2.14 bits per heavy atom. The van der Waals surface area contributed by atoms with Crippen LogP contribution in [0.4, 0.5) is 5.88 Å². The van der Waals surface area contributed by atoms with Crippen molar-refractivity contribution in [3.63, 3.8) is 0 Å². The number of rotatable bonds is 4. The molecule has 1 aromatic rings. The summed E-state index contributed by atoms with van der Waals surface area (Å²) in [4.78, 5) is 6.29. The quantitative estimate of drug-likeness (QED) is 0.629. The zero-order valence-corrected chi connectivity index (χ0v) is 15.8. The molecule has 2 N–H and O–H groups in total. The fraction of sp³-hybridized carbons (Fsp3) is 0.400. The molecule has 0 spiro atoms. The van der Waals surface area contributed by atoms with Crippen molar-refractivity contribution in [3.8, 4) is 0 Å². The van der Waals surface area contributed by atoms with Gasteiger partial charge in [-0.25, -0.2) is 0 Å². The van der Waals surface area contributed by atoms with E-state index in [9.17, 15) is 0 Å². The lowest BCUT2D eigenvalue weighted by molar-refractivity contribution is 0.0675. The molecule has 2 aliphatic heterocycles. The summed E-state index contributed by atoms with van der Waals surface area (Å²) in [5, 5.41) is 4.12. The zero-order valence-electron chi connectivity index (χ0n) is 15.8. The topological polar surface area (TPSA) is 95.3 Å². The molecule has 0 radical (unpaired) electrons. The third-order valence-corrected chi connectivity index (χ3v) is 4.86. The van der Waals surface area contributed by atoms with Crippen molar-refractivity contribution in [2.24, 2.45) is 10.7 Å². The van der Waals surface area contributed by atoms with Crippen molar-refractivity contribution < 1.29 is 18.7 Å². The Hall–Kier alpha value is -3.00. The van der Waals surface area contributed by atoms with Crippen LogP contribution < -0.4 is 5.73 Å². The Labute approximate surface area is 163 Å². The van der Waals surface area contributed by atoms with Gasteiger partial charge in [0, 0.05) is 19.2 Å². The first-order valence-electron chi connectivity index (χ1n) is 9.44. The van der Waals surface area contributed by atoms with E-state index in [0.29, 0.717) is 49.6 Å². The minimum Gasteiger partial charge on any atom is -0.465 e. The van der Waals surface area contributed by atoms with Crippen LogP contribution in [0.1, 0.15) is 31.4 Å². The van der Waals surface area contributed by atoms with Gasteiger partial charge >= 0.3 is 0 Å². The van der Waals surface area contributed by atoms with Gasteiger partial charge in [0.1, 0.15) is 18.3 Å². The molecule has 1 fully saturated rings. The van der Waals surface area contributed by atoms with Crippen molar-refractivity contribution in [2.75, 3.05) is 26.3 Å². The highest BCUT2D eigenvalue weighted by molar-refractivity contribution is 5.80. The first-order valence-corrected chi connectivity index (χ1v) is 9.44. The van der Waals surface area contributed by atoms with Gasteiger partial charge < -0.3 is 29.4 Å². The Morgan fingerprint density at radius 1 is 1.29 bits per heavy atom. The van der Waals surface area contributed by atoms with Crippen LogP contribution in [0.2, 0.25) is 0 Å². The number of morpholine rings is 1. The van der Waals surface area contributed by atoms with Gasteiger partial charge in [-0.2, -0.15) is 4.99 Å². The lowest BCUT2D eigenvalue weighted by Crippen LogP contribution is -2.44. The Balaban J connectivity index is 1.43. The number of guanidine groups is 1. The lowest BCUT2D eigenvalue weighted by atomic mass is 10.0. The summed E-state index contributed by atoms with van der Waals surface area (Å²) in [6.07, 6.45) is 11.4. The predicted octanol–water partition coefficient (Wildman–Crippen LogP) is 3.06. The molecule has 28 heavy (non-hydrogen) atoms. The van der Waals surface area contributed by atoms with Crippen LogP contribution in [0.3, 0.4) is 0 Å². The molecule has 3 aliphatic rings. The molecule has 1 aliphatic carbocycles. The maximum Gasteiger partial charge on any atom is 0.253 e. The fourth-order valence-corrected chi connectivity index (χ4v) is 3.13. The minimum absolute atomic E-state index is 0.152. The van der Waals surface area contributed by atoms with E-state index >= 15 is 0 Å². The molecule has 1 aromatic heterocycles. The van der Waals surface area contributed by atoms with Gasteiger partial charge in [-0.15, -0.1) is 0 Å². The summed E-state index contributed by atoms with van der Waals surface area (Å²) in [5.74, 6) is 2.00. The molecule has 3 heterocycles. The average molecular weight is 384 g/mol. The van der Waals surface area contributed by atoms with Crippen molar-refractivity contribution in [1.29, 1.82) is 0 Å². The highest BCUT2D eigenvalue weighted by Gasteiger charge is 2.23. The molecule has 1 unspecified atom stereocenters. The summed E-state index contributed by atoms with van der Waals surface area (Å²) < 4.78 is 22.2. The van der Waals surface area contributed by atoms with E-state index in [0.717, 1.165) is 24.2 Å². The van der Waals surface area contributed by atoms with Crippen LogP contribution in [0.25, 0.3) is 0 Å². The number of aliphatic imine (C=N–C) groups is 1. The number of ether oxygens (including phenoxy) is 3. The van der Waals surface area contributed by atoms with Gasteiger partial charge in [0.15, 0.2) is 11.7 Å². The number of hydrogen-bond donors (Lipinski definition) is 1. The Bertz CT molecular complexity index is 859. The molecule has 148 valence electrons. The van der Waals surface area contributed by atoms with Gasteiger partial charge in [-0.05, 0) is 25.3 Å². The van der Waals surface area contributed by atoms with Gasteiger partial charge in [-0.1, -0.05) is 23.4 Å². The highest BCUT2D eigenvalue weighted by atomic mass is 16.5. The van der Waals surface area contributed by atoms with Gasteiger partial charge in [0.25, 0.3) is 5.88 Å². The van der Waals surface area contributed by atoms with Crippen molar-refractivity contribution in [2.45, 2.75) is 25.7 Å². The maximum atomic E-state index is 6.07. The van der Waals surface area contributed by atoms with E-state index in [2.05, 4.69) is 16.2 Å². The second-order valence-corrected chi connectivity index (χ2v) is 6.78.